The van der Waals surface area contributed by atoms with Crippen molar-refractivity contribution in [2.75, 3.05) is 7.05 Å². The number of amides is 1. The molecular formula is C15H16FN3O4. The lowest BCUT2D eigenvalue weighted by Crippen LogP contribution is -2.40. The average Bonchev–Trinajstić information content (AvgIpc) is 2.86. The van der Waals surface area contributed by atoms with E-state index in [1.165, 1.54) is 43.0 Å². The minimum Gasteiger partial charge on any atom is -0.504 e. The van der Waals surface area contributed by atoms with E-state index >= 15 is 0 Å². The number of nitrogens with zero attached hydrogens (tertiary/aromatic N) is 3. The molecule has 0 radical (unpaired) electrons. The molecule has 1 atom stereocenters. The first-order valence-corrected chi connectivity index (χ1v) is 6.77. The van der Waals surface area contributed by atoms with Gasteiger partial charge in [0.05, 0.1) is 11.9 Å². The van der Waals surface area contributed by atoms with Crippen molar-refractivity contribution in [2.24, 2.45) is 0 Å². The summed E-state index contributed by atoms with van der Waals surface area (Å²) < 4.78 is 14.4. The summed E-state index contributed by atoms with van der Waals surface area (Å²) >= 11 is 0. The van der Waals surface area contributed by atoms with E-state index < -0.39 is 23.7 Å². The summed E-state index contributed by atoms with van der Waals surface area (Å²) in [7, 11) is 1.31. The highest BCUT2D eigenvalue weighted by molar-refractivity contribution is 5.96. The molecule has 0 bridgehead atoms. The standard InChI is InChI=1S/C15H16FN3O4/c1-8-6-10(16)4-5-11(8)19-7-12(20)13(17-19)14(21)18(3)9(2)15(22)23/h4-7,9,20H,1-3H3,(H,22,23). The van der Waals surface area contributed by atoms with E-state index in [4.69, 9.17) is 5.11 Å². The molecule has 0 aliphatic heterocycles. The van der Waals surface area contributed by atoms with Crippen LogP contribution in [0.1, 0.15) is 23.0 Å². The van der Waals surface area contributed by atoms with Crippen LogP contribution in [0, 0.1) is 12.7 Å². The van der Waals surface area contributed by atoms with Crippen molar-refractivity contribution in [3.8, 4) is 11.4 Å². The predicted octanol–water partition coefficient (Wildman–Crippen LogP) is 1.57. The molecule has 8 heteroatoms. The Morgan fingerprint density at radius 3 is 2.61 bits per heavy atom. The van der Waals surface area contributed by atoms with Gasteiger partial charge in [0.2, 0.25) is 0 Å². The molecule has 1 aromatic heterocycles. The van der Waals surface area contributed by atoms with E-state index in [9.17, 15) is 19.1 Å². The van der Waals surface area contributed by atoms with Crippen LogP contribution in [0.4, 0.5) is 4.39 Å². The predicted molar refractivity (Wildman–Crippen MR) is 79.1 cm³/mol. The lowest BCUT2D eigenvalue weighted by atomic mass is 10.2. The zero-order valence-electron chi connectivity index (χ0n) is 12.8. The van der Waals surface area contributed by atoms with E-state index in [0.717, 1.165) is 4.90 Å². The third-order valence-electron chi connectivity index (χ3n) is 3.56. The molecule has 0 aliphatic rings. The van der Waals surface area contributed by atoms with Crippen molar-refractivity contribution in [1.29, 1.82) is 0 Å². The fourth-order valence-corrected chi connectivity index (χ4v) is 2.03. The molecule has 2 rings (SSSR count). The van der Waals surface area contributed by atoms with Crippen molar-refractivity contribution in [1.82, 2.24) is 14.7 Å². The van der Waals surface area contributed by atoms with Crippen LogP contribution in [-0.2, 0) is 4.79 Å². The van der Waals surface area contributed by atoms with Crippen LogP contribution < -0.4 is 0 Å². The summed E-state index contributed by atoms with van der Waals surface area (Å²) in [4.78, 5) is 24.2. The topological polar surface area (TPSA) is 95.7 Å². The summed E-state index contributed by atoms with van der Waals surface area (Å²) in [5.41, 5.74) is 0.790. The van der Waals surface area contributed by atoms with Crippen LogP contribution >= 0.6 is 0 Å². The second kappa shape index (κ2) is 6.07. The number of benzene rings is 1. The Balaban J connectivity index is 2.38. The third kappa shape index (κ3) is 3.15. The first-order valence-electron chi connectivity index (χ1n) is 6.77. The molecule has 0 aliphatic carbocycles. The van der Waals surface area contributed by atoms with Crippen molar-refractivity contribution < 1.29 is 24.2 Å². The summed E-state index contributed by atoms with van der Waals surface area (Å²) in [6.07, 6.45) is 1.22. The first kappa shape index (κ1) is 16.5. The number of carboxylic acids is 1. The first-order chi connectivity index (χ1) is 10.7. The Bertz CT molecular complexity index is 772. The van der Waals surface area contributed by atoms with Gasteiger partial charge in [0.25, 0.3) is 5.91 Å². The number of hydrogen-bond donors (Lipinski definition) is 2. The van der Waals surface area contributed by atoms with Crippen LogP contribution in [0.5, 0.6) is 5.75 Å². The van der Waals surface area contributed by atoms with Gasteiger partial charge in [-0.2, -0.15) is 5.10 Å². The van der Waals surface area contributed by atoms with Crippen LogP contribution in [0.15, 0.2) is 24.4 Å². The highest BCUT2D eigenvalue weighted by Crippen LogP contribution is 2.22. The Morgan fingerprint density at radius 2 is 2.04 bits per heavy atom. The molecular weight excluding hydrogens is 305 g/mol. The number of aromatic nitrogens is 2. The Morgan fingerprint density at radius 1 is 1.39 bits per heavy atom. The number of aromatic hydroxyl groups is 1. The largest absolute Gasteiger partial charge is 0.504 e. The highest BCUT2D eigenvalue weighted by atomic mass is 19.1. The van der Waals surface area contributed by atoms with Crippen molar-refractivity contribution in [3.05, 3.63) is 41.5 Å². The van der Waals surface area contributed by atoms with Gasteiger partial charge in [-0.3, -0.25) is 4.79 Å². The molecule has 122 valence electrons. The molecule has 1 amide bonds. The second-order valence-corrected chi connectivity index (χ2v) is 5.17. The number of hydrogen-bond acceptors (Lipinski definition) is 4. The molecule has 1 aromatic carbocycles. The SMILES string of the molecule is Cc1cc(F)ccc1-n1cc(O)c(C(=O)N(C)C(C)C(=O)O)n1. The number of carboxylic acid groups (broad SMARTS) is 1. The number of carbonyl (C=O) groups is 2. The Labute approximate surface area is 131 Å². The zero-order valence-corrected chi connectivity index (χ0v) is 12.8. The van der Waals surface area contributed by atoms with Gasteiger partial charge in [0.1, 0.15) is 11.9 Å². The highest BCUT2D eigenvalue weighted by Gasteiger charge is 2.27. The van der Waals surface area contributed by atoms with Crippen LogP contribution in [0.2, 0.25) is 0 Å². The number of rotatable bonds is 4. The van der Waals surface area contributed by atoms with Gasteiger partial charge in [-0.15, -0.1) is 0 Å². The summed E-state index contributed by atoms with van der Waals surface area (Å²) in [5.74, 6) is -2.69. The normalized spacial score (nSPS) is 12.0. The quantitative estimate of drug-likeness (QED) is 0.891. The maximum Gasteiger partial charge on any atom is 0.326 e. The van der Waals surface area contributed by atoms with Crippen LogP contribution in [0.3, 0.4) is 0 Å². The van der Waals surface area contributed by atoms with Gasteiger partial charge in [0, 0.05) is 7.05 Å². The van der Waals surface area contributed by atoms with Crippen molar-refractivity contribution in [3.63, 3.8) is 0 Å². The van der Waals surface area contributed by atoms with Gasteiger partial charge in [-0.05, 0) is 37.6 Å². The van der Waals surface area contributed by atoms with E-state index in [1.807, 2.05) is 0 Å². The molecule has 1 heterocycles. The number of likely N-dealkylation sites (N-methyl/N-ethyl adjacent to an activating group) is 1. The summed E-state index contributed by atoms with van der Waals surface area (Å²) in [6, 6.07) is 2.93. The maximum absolute atomic E-state index is 13.2. The zero-order chi connectivity index (χ0) is 17.3. The fourth-order valence-electron chi connectivity index (χ4n) is 2.03. The third-order valence-corrected chi connectivity index (χ3v) is 3.56. The summed E-state index contributed by atoms with van der Waals surface area (Å²) in [5, 5.41) is 22.9. The van der Waals surface area contributed by atoms with Crippen LogP contribution in [0.25, 0.3) is 5.69 Å². The molecule has 0 saturated carbocycles. The lowest BCUT2D eigenvalue weighted by Gasteiger charge is -2.20. The number of aryl methyl sites for hydroxylation is 1. The number of halogens is 1. The molecule has 0 fully saturated rings. The van der Waals surface area contributed by atoms with Gasteiger partial charge in [-0.25, -0.2) is 13.9 Å². The molecule has 1 unspecified atom stereocenters. The Hall–Kier alpha value is -2.90. The summed E-state index contributed by atoms with van der Waals surface area (Å²) in [6.45, 7) is 3.01. The molecule has 0 saturated heterocycles. The number of aliphatic carboxylic acids is 1. The van der Waals surface area contributed by atoms with Crippen molar-refractivity contribution >= 4 is 11.9 Å². The van der Waals surface area contributed by atoms with E-state index in [1.54, 1.807) is 6.92 Å². The van der Waals surface area contributed by atoms with E-state index in [-0.39, 0.29) is 11.4 Å². The van der Waals surface area contributed by atoms with Crippen LogP contribution in [-0.4, -0.2) is 49.9 Å². The minimum atomic E-state index is -1.17. The lowest BCUT2D eigenvalue weighted by molar-refractivity contribution is -0.141. The monoisotopic (exact) mass is 321 g/mol. The molecule has 0 spiro atoms. The van der Waals surface area contributed by atoms with E-state index in [0.29, 0.717) is 11.3 Å². The minimum absolute atomic E-state index is 0.274. The van der Waals surface area contributed by atoms with Gasteiger partial charge in [0.15, 0.2) is 11.4 Å². The fraction of sp³-hybridized carbons (Fsp3) is 0.267. The Kier molecular flexibility index (Phi) is 4.35. The van der Waals surface area contributed by atoms with Gasteiger partial charge in [-0.1, -0.05) is 0 Å². The smallest absolute Gasteiger partial charge is 0.326 e. The molecule has 23 heavy (non-hydrogen) atoms. The maximum atomic E-state index is 13.2. The van der Waals surface area contributed by atoms with E-state index in [2.05, 4.69) is 5.10 Å². The molecule has 7 nitrogen and oxygen atoms in total. The average molecular weight is 321 g/mol. The second-order valence-electron chi connectivity index (χ2n) is 5.17. The number of carbonyl (C=O) groups excluding carboxylic acids is 1. The van der Waals surface area contributed by atoms with Crippen molar-refractivity contribution in [2.45, 2.75) is 19.9 Å². The van der Waals surface area contributed by atoms with Gasteiger partial charge >= 0.3 is 5.97 Å². The van der Waals surface area contributed by atoms with Gasteiger partial charge < -0.3 is 15.1 Å². The molecule has 2 N–H and O–H groups in total. The molecule has 2 aromatic rings.